The van der Waals surface area contributed by atoms with Gasteiger partial charge in [-0.2, -0.15) is 0 Å². The van der Waals surface area contributed by atoms with E-state index in [9.17, 15) is 25.5 Å². The number of aliphatic hydroxyl groups is 6. The van der Waals surface area contributed by atoms with Crippen molar-refractivity contribution in [2.75, 3.05) is 6.61 Å². The van der Waals surface area contributed by atoms with Gasteiger partial charge in [0.2, 0.25) is 0 Å². The highest BCUT2D eigenvalue weighted by atomic mass is 16.4. The fourth-order valence-electron chi connectivity index (χ4n) is 2.00. The van der Waals surface area contributed by atoms with Crippen LogP contribution in [0.5, 0.6) is 0 Å². The van der Waals surface area contributed by atoms with Crippen molar-refractivity contribution >= 4 is 11.0 Å². The molecule has 21 heavy (non-hydrogen) atoms. The summed E-state index contributed by atoms with van der Waals surface area (Å²) in [6.07, 6.45) is -8.66. The number of imidazole rings is 1. The predicted molar refractivity (Wildman–Crippen MR) is 72.2 cm³/mol. The molecule has 8 nitrogen and oxygen atoms in total. The van der Waals surface area contributed by atoms with E-state index in [-0.39, 0.29) is 5.82 Å². The number of aromatic amines is 1. The van der Waals surface area contributed by atoms with E-state index < -0.39 is 37.1 Å². The zero-order valence-electron chi connectivity index (χ0n) is 11.0. The summed E-state index contributed by atoms with van der Waals surface area (Å²) < 4.78 is 0. The molecular weight excluding hydrogens is 280 g/mol. The lowest BCUT2D eigenvalue weighted by atomic mass is 9.99. The minimum Gasteiger partial charge on any atom is -0.394 e. The van der Waals surface area contributed by atoms with E-state index in [0.29, 0.717) is 11.0 Å². The zero-order valence-corrected chi connectivity index (χ0v) is 11.0. The predicted octanol–water partition coefficient (Wildman–Crippen LogP) is -1.97. The van der Waals surface area contributed by atoms with Gasteiger partial charge in [0, 0.05) is 0 Å². The quantitative estimate of drug-likeness (QED) is 0.327. The molecule has 1 heterocycles. The van der Waals surface area contributed by atoms with E-state index >= 15 is 0 Å². The lowest BCUT2D eigenvalue weighted by molar-refractivity contribution is -0.142. The molecule has 0 amide bonds. The van der Waals surface area contributed by atoms with E-state index in [1.54, 1.807) is 24.3 Å². The van der Waals surface area contributed by atoms with Crippen molar-refractivity contribution in [3.8, 4) is 0 Å². The molecule has 5 atom stereocenters. The number of aromatic nitrogens is 2. The summed E-state index contributed by atoms with van der Waals surface area (Å²) in [5.41, 5.74) is 1.22. The Bertz CT molecular complexity index is 556. The molecule has 0 spiro atoms. The number of fused-ring (bicyclic) bond motifs is 1. The molecule has 0 aliphatic heterocycles. The van der Waals surface area contributed by atoms with Gasteiger partial charge >= 0.3 is 0 Å². The van der Waals surface area contributed by atoms with E-state index in [0.717, 1.165) is 0 Å². The van der Waals surface area contributed by atoms with Gasteiger partial charge in [0.1, 0.15) is 36.3 Å². The maximum absolute atomic E-state index is 10.0. The fraction of sp³-hybridized carbons (Fsp3) is 0.462. The Morgan fingerprint density at radius 2 is 1.62 bits per heavy atom. The lowest BCUT2D eigenvalue weighted by Crippen LogP contribution is -2.47. The molecular formula is C13H18N2O6. The van der Waals surface area contributed by atoms with Crippen LogP contribution in [-0.4, -0.2) is 71.6 Å². The number of hydrogen-bond donors (Lipinski definition) is 7. The van der Waals surface area contributed by atoms with Crippen molar-refractivity contribution in [3.05, 3.63) is 30.1 Å². The third-order valence-electron chi connectivity index (χ3n) is 3.29. The molecule has 1 aromatic carbocycles. The molecule has 8 heteroatoms. The van der Waals surface area contributed by atoms with Gasteiger partial charge in [-0.15, -0.1) is 0 Å². The molecule has 0 saturated heterocycles. The minimum atomic E-state index is -1.85. The largest absolute Gasteiger partial charge is 0.394 e. The summed E-state index contributed by atoms with van der Waals surface area (Å²) in [7, 11) is 0. The molecule has 7 N–H and O–H groups in total. The Hall–Kier alpha value is -1.55. The van der Waals surface area contributed by atoms with Crippen molar-refractivity contribution < 1.29 is 30.6 Å². The molecule has 2 aromatic rings. The first-order valence-electron chi connectivity index (χ1n) is 6.41. The lowest BCUT2D eigenvalue weighted by Gasteiger charge is -2.27. The Morgan fingerprint density at radius 3 is 2.24 bits per heavy atom. The average molecular weight is 298 g/mol. The summed E-state index contributed by atoms with van der Waals surface area (Å²) in [5.74, 6) is 0.0217. The second-order valence-electron chi connectivity index (χ2n) is 4.81. The number of hydrogen-bond acceptors (Lipinski definition) is 7. The Labute approximate surface area is 119 Å². The summed E-state index contributed by atoms with van der Waals surface area (Å²) in [6.45, 7) is -0.786. The number of H-pyrrole nitrogens is 1. The first kappa shape index (κ1) is 15.8. The smallest absolute Gasteiger partial charge is 0.140 e. The highest BCUT2D eigenvalue weighted by Crippen LogP contribution is 2.21. The van der Waals surface area contributed by atoms with Crippen LogP contribution in [0.25, 0.3) is 11.0 Å². The van der Waals surface area contributed by atoms with Gasteiger partial charge in [-0.3, -0.25) is 0 Å². The molecule has 1 aromatic heterocycles. The second kappa shape index (κ2) is 6.48. The van der Waals surface area contributed by atoms with E-state index in [1.165, 1.54) is 0 Å². The zero-order chi connectivity index (χ0) is 15.6. The molecule has 0 radical (unpaired) electrons. The van der Waals surface area contributed by atoms with Crippen molar-refractivity contribution in [2.45, 2.75) is 30.5 Å². The van der Waals surface area contributed by atoms with Crippen LogP contribution < -0.4 is 0 Å². The van der Waals surface area contributed by atoms with E-state index in [2.05, 4.69) is 9.97 Å². The number of rotatable bonds is 6. The van der Waals surface area contributed by atoms with Gasteiger partial charge in [-0.25, -0.2) is 4.98 Å². The van der Waals surface area contributed by atoms with E-state index in [1.807, 2.05) is 0 Å². The Balaban J connectivity index is 2.16. The maximum Gasteiger partial charge on any atom is 0.140 e. The summed E-state index contributed by atoms with van der Waals surface area (Å²) >= 11 is 0. The molecule has 0 aliphatic carbocycles. The molecule has 0 aliphatic rings. The number of aliphatic hydroxyl groups excluding tert-OH is 6. The van der Waals surface area contributed by atoms with Crippen LogP contribution in [0.3, 0.4) is 0 Å². The molecule has 0 saturated carbocycles. The number of para-hydroxylation sites is 2. The third kappa shape index (κ3) is 3.21. The van der Waals surface area contributed by atoms with Crippen LogP contribution in [-0.2, 0) is 0 Å². The molecule has 0 bridgehead atoms. The normalized spacial score (nSPS) is 19.1. The SMILES string of the molecule is OC[C@@H](O)[C@@H](O)[C@H](O)[C@@H](O)[C@@H](O)c1nc2ccccc2[nH]1. The van der Waals surface area contributed by atoms with Crippen molar-refractivity contribution in [1.82, 2.24) is 9.97 Å². The second-order valence-corrected chi connectivity index (χ2v) is 4.81. The van der Waals surface area contributed by atoms with E-state index in [4.69, 9.17) is 5.11 Å². The first-order valence-corrected chi connectivity index (χ1v) is 6.41. The fourth-order valence-corrected chi connectivity index (χ4v) is 2.00. The molecule has 0 fully saturated rings. The monoisotopic (exact) mass is 298 g/mol. The number of nitrogens with one attached hydrogen (secondary N) is 1. The van der Waals surface area contributed by atoms with Gasteiger partial charge < -0.3 is 35.6 Å². The van der Waals surface area contributed by atoms with Crippen LogP contribution in [0.15, 0.2) is 24.3 Å². The average Bonchev–Trinajstić information content (AvgIpc) is 2.95. The third-order valence-corrected chi connectivity index (χ3v) is 3.29. The maximum atomic E-state index is 10.0. The standard InChI is InChI=1S/C13H18N2O6/c16-5-8(17)9(18)10(19)11(20)12(21)13-14-6-3-1-2-4-7(6)15-13/h1-4,8-12,16-21H,5H2,(H,14,15)/t8-,9-,10+,11-,12-/m1/s1. The van der Waals surface area contributed by atoms with Gasteiger partial charge in [-0.05, 0) is 12.1 Å². The molecule has 0 unspecified atom stereocenters. The first-order chi connectivity index (χ1) is 9.95. The van der Waals surface area contributed by atoms with Crippen molar-refractivity contribution in [3.63, 3.8) is 0 Å². The topological polar surface area (TPSA) is 150 Å². The Morgan fingerprint density at radius 1 is 0.952 bits per heavy atom. The Kier molecular flexibility index (Phi) is 4.88. The summed E-state index contributed by atoms with van der Waals surface area (Å²) in [4.78, 5) is 6.86. The molecule has 2 rings (SSSR count). The van der Waals surface area contributed by atoms with Crippen LogP contribution in [0.1, 0.15) is 11.9 Å². The van der Waals surface area contributed by atoms with Crippen molar-refractivity contribution in [1.29, 1.82) is 0 Å². The van der Waals surface area contributed by atoms with Crippen LogP contribution in [0.4, 0.5) is 0 Å². The van der Waals surface area contributed by atoms with Crippen LogP contribution >= 0.6 is 0 Å². The van der Waals surface area contributed by atoms with Gasteiger partial charge in [0.15, 0.2) is 0 Å². The highest BCUT2D eigenvalue weighted by molar-refractivity contribution is 5.74. The molecule has 116 valence electrons. The minimum absolute atomic E-state index is 0.0217. The summed E-state index contributed by atoms with van der Waals surface area (Å²) in [6, 6.07) is 6.95. The number of nitrogens with zero attached hydrogens (tertiary/aromatic N) is 1. The summed E-state index contributed by atoms with van der Waals surface area (Å²) in [5, 5.41) is 57.1. The van der Waals surface area contributed by atoms with Gasteiger partial charge in [-0.1, -0.05) is 12.1 Å². The van der Waals surface area contributed by atoms with Crippen molar-refractivity contribution in [2.24, 2.45) is 0 Å². The van der Waals surface area contributed by atoms with Crippen LogP contribution in [0.2, 0.25) is 0 Å². The number of benzene rings is 1. The van der Waals surface area contributed by atoms with Crippen LogP contribution in [0, 0.1) is 0 Å². The van der Waals surface area contributed by atoms with Gasteiger partial charge in [0.05, 0.1) is 17.6 Å². The highest BCUT2D eigenvalue weighted by Gasteiger charge is 2.35. The van der Waals surface area contributed by atoms with Gasteiger partial charge in [0.25, 0.3) is 0 Å².